The lowest BCUT2D eigenvalue weighted by atomic mass is 10.4. The summed E-state index contributed by atoms with van der Waals surface area (Å²) in [7, 11) is 0. The van der Waals surface area contributed by atoms with Gasteiger partial charge in [-0.15, -0.1) is 0 Å². The fourth-order valence-corrected chi connectivity index (χ4v) is 0.854. The van der Waals surface area contributed by atoms with Gasteiger partial charge in [0.15, 0.2) is 0 Å². The van der Waals surface area contributed by atoms with Crippen molar-refractivity contribution in [3.05, 3.63) is 0 Å². The smallest absolute Gasteiger partial charge is 0.231 e. The molecule has 0 aliphatic heterocycles. The third-order valence-corrected chi connectivity index (χ3v) is 2.23. The molecule has 0 radical (unpaired) electrons. The maximum Gasteiger partial charge on any atom is 0.231 e. The number of ketones is 1. The van der Waals surface area contributed by atoms with Crippen LogP contribution in [0, 0.1) is 0 Å². The average molecular weight is 304 g/mol. The molecule has 0 saturated carbocycles. The van der Waals surface area contributed by atoms with Gasteiger partial charge in [0.1, 0.15) is 9.15 Å². The Kier molecular flexibility index (Phi) is 10.6. The minimum Gasteiger partial charge on any atom is -0.338 e. The molecule has 0 aromatic carbocycles. The Hall–Kier alpha value is -0.340. The van der Waals surface area contributed by atoms with Gasteiger partial charge >= 0.3 is 0 Å². The van der Waals surface area contributed by atoms with E-state index in [1.807, 2.05) is 0 Å². The maximum absolute atomic E-state index is 10.7. The predicted molar refractivity (Wildman–Crippen MR) is 78.0 cm³/mol. The predicted octanol–water partition coefficient (Wildman–Crippen LogP) is -0.0688. The molecule has 0 bridgehead atoms. The molecule has 2 amide bonds. The summed E-state index contributed by atoms with van der Waals surface area (Å²) in [6.45, 7) is 1.86. The second-order valence-electron chi connectivity index (χ2n) is 2.70. The highest BCUT2D eigenvalue weighted by molar-refractivity contribution is 7.81. The first-order valence-corrected chi connectivity index (χ1v) is 6.54. The average Bonchev–Trinajstić information content (AvgIpc) is 2.40. The van der Waals surface area contributed by atoms with E-state index in [9.17, 15) is 14.4 Å². The number of amides is 2. The van der Waals surface area contributed by atoms with Crippen molar-refractivity contribution >= 4 is 55.2 Å². The molecule has 17 heavy (non-hydrogen) atoms. The maximum atomic E-state index is 10.7. The van der Waals surface area contributed by atoms with Crippen molar-refractivity contribution < 1.29 is 14.4 Å². The molecular formula is C9H18N2O3S3. The van der Waals surface area contributed by atoms with Crippen LogP contribution in [0.25, 0.3) is 0 Å². The first kappa shape index (κ1) is 13.1. The molecule has 0 heterocycles. The number of hydrogen-bond donors (Lipinski definition) is 5. The van der Waals surface area contributed by atoms with Crippen LogP contribution in [0.5, 0.6) is 0 Å². The first-order chi connectivity index (χ1) is 9.51. The van der Waals surface area contributed by atoms with Crippen LogP contribution in [0.2, 0.25) is 0 Å². The summed E-state index contributed by atoms with van der Waals surface area (Å²) < 4.78 is 19.9. The monoisotopic (exact) mass is 304 g/mol. The van der Waals surface area contributed by atoms with Gasteiger partial charge in [0.25, 0.3) is 0 Å². The number of carbonyl (C=O) groups is 3. The Balaban J connectivity index is 0. The highest BCUT2D eigenvalue weighted by atomic mass is 32.1. The molecule has 2 N–H and O–H groups in total. The van der Waals surface area contributed by atoms with Crippen molar-refractivity contribution in [1.29, 1.82) is 3.37 Å². The summed E-state index contributed by atoms with van der Waals surface area (Å²) in [6.07, 6.45) is 0.561. The van der Waals surface area contributed by atoms with E-state index in [2.05, 4.69) is 10.6 Å². The quantitative estimate of drug-likeness (QED) is 0.306. The summed E-state index contributed by atoms with van der Waals surface area (Å²) in [5, 5.41) is 4.78. The highest BCUT2D eigenvalue weighted by Crippen LogP contribution is 1.81. The summed E-state index contributed by atoms with van der Waals surface area (Å²) in [5.41, 5.74) is 0. The lowest BCUT2D eigenvalue weighted by Gasteiger charge is -2.03. The molecule has 0 rings (SSSR count). The first-order valence-electron chi connectivity index (χ1n) is 6.03. The van der Waals surface area contributed by atoms with Crippen LogP contribution >= 0.6 is 37.6 Å². The van der Waals surface area contributed by atoms with Gasteiger partial charge in [-0.05, 0) is 0 Å². The van der Waals surface area contributed by atoms with Gasteiger partial charge in [-0.1, -0.05) is 6.92 Å². The van der Waals surface area contributed by atoms with Crippen molar-refractivity contribution in [3.63, 3.8) is 0 Å². The molecule has 0 aliphatic carbocycles. The minimum absolute atomic E-state index is 0.0544. The summed E-state index contributed by atoms with van der Waals surface area (Å²) in [6, 6.07) is 0. The molecule has 8 heteroatoms. The molecule has 0 unspecified atom stereocenters. The molecule has 0 fully saturated rings. The van der Waals surface area contributed by atoms with Crippen molar-refractivity contribution in [2.24, 2.45) is 0 Å². The van der Waals surface area contributed by atoms with Crippen LogP contribution in [0.4, 0.5) is 0 Å². The standard InChI is InChI=1S/C5H10N2O2S2.C4H8OS/c8-4(1-10)6-3-7-5(9)2-11;1-2-4(5)3-6/h10-11H,1-3H2,(H,6,8)(H,7,9);6H,2-3H2,1H3/i/hT3. The van der Waals surface area contributed by atoms with E-state index in [-0.39, 0.29) is 35.8 Å². The van der Waals surface area contributed by atoms with Gasteiger partial charge < -0.3 is 10.6 Å². The number of hydrogen-bond acceptors (Lipinski definition) is 6. The molecule has 0 spiro atoms. The van der Waals surface area contributed by atoms with E-state index in [0.717, 1.165) is 12.5 Å². The van der Waals surface area contributed by atoms with Crippen LogP contribution in [0.1, 0.15) is 13.3 Å². The fourth-order valence-electron chi connectivity index (χ4n) is 0.445. The van der Waals surface area contributed by atoms with Crippen LogP contribution in [-0.4, -0.2) is 44.9 Å². The molecule has 0 aromatic rings. The molecule has 100 valence electrons. The topological polar surface area (TPSA) is 75.3 Å². The second kappa shape index (κ2) is 13.7. The fraction of sp³-hybridized carbons (Fsp3) is 0.667. The zero-order valence-electron chi connectivity index (χ0n) is 12.5. The molecular weight excluding hydrogens is 280 g/mol. The van der Waals surface area contributed by atoms with E-state index < -0.39 is 0 Å². The van der Waals surface area contributed by atoms with Gasteiger partial charge in [0.05, 0.1) is 18.2 Å². The van der Waals surface area contributed by atoms with Gasteiger partial charge in [-0.2, -0.15) is 37.6 Å². The van der Waals surface area contributed by atoms with Gasteiger partial charge in [0.2, 0.25) is 11.8 Å². The molecule has 5 nitrogen and oxygen atoms in total. The highest BCUT2D eigenvalue weighted by Gasteiger charge is 1.97. The number of carbonyl (C=O) groups excluding carboxylic acids is 3. The van der Waals surface area contributed by atoms with Crippen molar-refractivity contribution in [1.82, 2.24) is 10.6 Å². The van der Waals surface area contributed by atoms with E-state index in [4.69, 9.17) is 3.37 Å². The van der Waals surface area contributed by atoms with E-state index in [0.29, 0.717) is 37.2 Å². The van der Waals surface area contributed by atoms with Crippen LogP contribution in [0.3, 0.4) is 0 Å². The largest absolute Gasteiger partial charge is 0.338 e. The van der Waals surface area contributed by atoms with Crippen LogP contribution in [-0.2, 0) is 14.4 Å². The number of Topliss-reactive ketones (excluding diaryl/α,β-unsaturated/α-hetero) is 1. The Bertz CT molecular complexity index is 281. The lowest BCUT2D eigenvalue weighted by Crippen LogP contribution is -2.38. The number of nitrogens with one attached hydrogen (secondary N) is 2. The summed E-state index contributed by atoms with van der Waals surface area (Å²) in [4.78, 5) is 31.7. The molecule has 0 aliphatic rings. The van der Waals surface area contributed by atoms with Gasteiger partial charge in [-0.3, -0.25) is 14.4 Å². The Morgan fingerprint density at radius 3 is 1.76 bits per heavy atom. The normalized spacial score (nSPS) is 11.0. The van der Waals surface area contributed by atoms with Gasteiger partial charge in [0, 0.05) is 12.2 Å². The van der Waals surface area contributed by atoms with Crippen molar-refractivity contribution in [2.75, 3.05) is 23.9 Å². The minimum atomic E-state index is -0.293. The third kappa shape index (κ3) is 15.7. The van der Waals surface area contributed by atoms with Gasteiger partial charge in [-0.25, -0.2) is 0 Å². The van der Waals surface area contributed by atoms with Crippen LogP contribution in [0.15, 0.2) is 0 Å². The van der Waals surface area contributed by atoms with E-state index in [1.54, 1.807) is 6.92 Å². The third-order valence-electron chi connectivity index (χ3n) is 1.39. The van der Waals surface area contributed by atoms with Crippen molar-refractivity contribution in [3.8, 4) is 0 Å². The van der Waals surface area contributed by atoms with E-state index in [1.165, 1.54) is 0 Å². The second-order valence-corrected chi connectivity index (χ2v) is 3.57. The van der Waals surface area contributed by atoms with E-state index >= 15 is 0 Å². The van der Waals surface area contributed by atoms with Crippen LogP contribution < -0.4 is 10.6 Å². The number of thiol groups is 3. The zero-order chi connectivity index (χ0) is 15.8. The Labute approximate surface area is 121 Å². The number of rotatable bonds is 9. The molecule has 0 atom stereocenters. The summed E-state index contributed by atoms with van der Waals surface area (Å²) in [5.74, 6) is 0.0282. The summed E-state index contributed by atoms with van der Waals surface area (Å²) >= 11 is 2.17. The Morgan fingerprint density at radius 1 is 1.00 bits per heavy atom. The Morgan fingerprint density at radius 2 is 1.47 bits per heavy atom. The SMILES string of the molecule is [3H]SCC(=O)CC.[3H]SCC(=O)NCNC(=O)CS[3H]. The van der Waals surface area contributed by atoms with Crippen molar-refractivity contribution in [2.45, 2.75) is 13.3 Å². The zero-order valence-corrected chi connectivity index (χ0v) is 11.9. The molecule has 0 aromatic heterocycles. The lowest BCUT2D eigenvalue weighted by molar-refractivity contribution is -0.120. The molecule has 0 saturated heterocycles.